The van der Waals surface area contributed by atoms with Gasteiger partial charge >= 0.3 is 0 Å². The van der Waals surface area contributed by atoms with Gasteiger partial charge < -0.3 is 23.7 Å². The molecule has 0 spiro atoms. The van der Waals surface area contributed by atoms with Crippen molar-refractivity contribution >= 4 is 27.5 Å². The van der Waals surface area contributed by atoms with Gasteiger partial charge in [0.15, 0.2) is 11.5 Å². The summed E-state index contributed by atoms with van der Waals surface area (Å²) in [6, 6.07) is 9.04. The number of hydrogen-bond acceptors (Lipinski definition) is 5. The van der Waals surface area contributed by atoms with Crippen molar-refractivity contribution in [2.24, 2.45) is 0 Å². The molecule has 2 aromatic rings. The van der Waals surface area contributed by atoms with Crippen molar-refractivity contribution in [2.45, 2.75) is 6.10 Å². The van der Waals surface area contributed by atoms with Gasteiger partial charge in [0.1, 0.15) is 12.9 Å². The third-order valence-electron chi connectivity index (χ3n) is 3.61. The summed E-state index contributed by atoms with van der Waals surface area (Å²) in [5, 5.41) is 0.554. The average molecular weight is 456 g/mol. The van der Waals surface area contributed by atoms with Crippen molar-refractivity contribution in [1.82, 2.24) is 0 Å². The van der Waals surface area contributed by atoms with E-state index < -0.39 is 6.10 Å². The molecule has 2 rings (SSSR count). The smallest absolute Gasteiger partial charge is 0.203 e. The molecule has 0 unspecified atom stereocenters. The van der Waals surface area contributed by atoms with E-state index in [9.17, 15) is 0 Å². The molecule has 0 saturated heterocycles. The van der Waals surface area contributed by atoms with Gasteiger partial charge in [0.2, 0.25) is 5.75 Å². The van der Waals surface area contributed by atoms with Crippen LogP contribution in [0.15, 0.2) is 34.8 Å². The normalized spacial score (nSPS) is 11.3. The molecular weight excluding hydrogens is 436 g/mol. The molecule has 5 nitrogen and oxygen atoms in total. The molecule has 1 atom stereocenters. The van der Waals surface area contributed by atoms with Gasteiger partial charge in [-0.1, -0.05) is 39.4 Å². The first kappa shape index (κ1) is 21.4. The van der Waals surface area contributed by atoms with Crippen molar-refractivity contribution in [3.8, 4) is 29.1 Å². The highest BCUT2D eigenvalue weighted by atomic mass is 79.9. The van der Waals surface area contributed by atoms with E-state index in [1.165, 1.54) is 0 Å². The molecule has 2 aromatic carbocycles. The molecule has 0 N–H and O–H groups in total. The van der Waals surface area contributed by atoms with Crippen LogP contribution in [0.2, 0.25) is 5.02 Å². The predicted molar refractivity (Wildman–Crippen MR) is 108 cm³/mol. The van der Waals surface area contributed by atoms with Crippen molar-refractivity contribution < 1.29 is 23.7 Å². The largest absolute Gasteiger partial charge is 0.493 e. The first-order valence-electron chi connectivity index (χ1n) is 7.91. The van der Waals surface area contributed by atoms with Crippen molar-refractivity contribution in [3.05, 3.63) is 51.0 Å². The van der Waals surface area contributed by atoms with Crippen LogP contribution < -0.4 is 14.2 Å². The molecule has 7 heteroatoms. The fourth-order valence-corrected chi connectivity index (χ4v) is 2.96. The molecule has 0 bridgehead atoms. The Hall–Kier alpha value is -1.91. The first-order chi connectivity index (χ1) is 13.0. The van der Waals surface area contributed by atoms with Crippen LogP contribution in [0.3, 0.4) is 0 Å². The zero-order chi connectivity index (χ0) is 19.8. The highest BCUT2D eigenvalue weighted by Gasteiger charge is 2.15. The van der Waals surface area contributed by atoms with E-state index >= 15 is 0 Å². The van der Waals surface area contributed by atoms with E-state index in [0.717, 1.165) is 10.0 Å². The maximum atomic E-state index is 6.32. The second-order valence-corrected chi connectivity index (χ2v) is 6.63. The minimum absolute atomic E-state index is 0.0808. The molecule has 0 aliphatic carbocycles. The minimum atomic E-state index is -0.575. The number of methoxy groups -OCH3 is 4. The van der Waals surface area contributed by atoms with E-state index in [1.54, 1.807) is 46.6 Å². The van der Waals surface area contributed by atoms with Gasteiger partial charge in [-0.25, -0.2) is 0 Å². The van der Waals surface area contributed by atoms with Crippen molar-refractivity contribution in [2.75, 3.05) is 35.2 Å². The molecule has 0 heterocycles. The maximum Gasteiger partial charge on any atom is 0.203 e. The molecule has 27 heavy (non-hydrogen) atoms. The SMILES string of the molecule is COCO[C@H](C#Cc1cc(OC)c(OC)c(OC)c1)c1cc(Br)ccc1Cl. The summed E-state index contributed by atoms with van der Waals surface area (Å²) in [7, 11) is 6.21. The molecule has 0 fully saturated rings. The quantitative estimate of drug-likeness (QED) is 0.441. The summed E-state index contributed by atoms with van der Waals surface area (Å²) >= 11 is 9.76. The van der Waals surface area contributed by atoms with Crippen LogP contribution in [0.25, 0.3) is 0 Å². The molecule has 0 aromatic heterocycles. The van der Waals surface area contributed by atoms with Crippen molar-refractivity contribution in [3.63, 3.8) is 0 Å². The summed E-state index contributed by atoms with van der Waals surface area (Å²) in [4.78, 5) is 0. The molecular formula is C20H20BrClO5. The van der Waals surface area contributed by atoms with Crippen LogP contribution in [0, 0.1) is 11.8 Å². The van der Waals surface area contributed by atoms with Crippen LogP contribution in [0.4, 0.5) is 0 Å². The van der Waals surface area contributed by atoms with Gasteiger partial charge in [-0.2, -0.15) is 0 Å². The Bertz CT molecular complexity index is 819. The lowest BCUT2D eigenvalue weighted by Gasteiger charge is -2.14. The molecule has 0 aliphatic heterocycles. The lowest BCUT2D eigenvalue weighted by Crippen LogP contribution is -2.06. The molecule has 0 amide bonds. The molecule has 0 saturated carbocycles. The summed E-state index contributed by atoms with van der Waals surface area (Å²) in [5.41, 5.74) is 1.42. The van der Waals surface area contributed by atoms with Gasteiger partial charge in [-0.15, -0.1) is 0 Å². The van der Waals surface area contributed by atoms with Crippen LogP contribution in [-0.2, 0) is 9.47 Å². The van der Waals surface area contributed by atoms with E-state index in [4.69, 9.17) is 35.3 Å². The maximum absolute atomic E-state index is 6.32. The van der Waals surface area contributed by atoms with Gasteiger partial charge in [-0.3, -0.25) is 0 Å². The fourth-order valence-electron chi connectivity index (χ4n) is 2.36. The Balaban J connectivity index is 2.45. The number of halogens is 2. The average Bonchev–Trinajstić information content (AvgIpc) is 2.69. The number of benzene rings is 2. The highest BCUT2D eigenvalue weighted by molar-refractivity contribution is 9.10. The number of ether oxygens (including phenoxy) is 5. The molecule has 0 radical (unpaired) electrons. The van der Waals surface area contributed by atoms with Gasteiger partial charge in [0, 0.05) is 27.7 Å². The Morgan fingerprint density at radius 3 is 2.22 bits per heavy atom. The monoisotopic (exact) mass is 454 g/mol. The Labute approximate surface area is 172 Å². The minimum Gasteiger partial charge on any atom is -0.493 e. The van der Waals surface area contributed by atoms with Crippen LogP contribution in [0.1, 0.15) is 17.2 Å². The van der Waals surface area contributed by atoms with E-state index in [-0.39, 0.29) is 6.79 Å². The first-order valence-corrected chi connectivity index (χ1v) is 9.08. The Kier molecular flexibility index (Phi) is 8.26. The summed E-state index contributed by atoms with van der Waals surface area (Å²) in [6.45, 7) is 0.0808. The predicted octanol–water partition coefficient (Wildman–Crippen LogP) is 4.84. The van der Waals surface area contributed by atoms with Crippen LogP contribution in [-0.4, -0.2) is 35.2 Å². The molecule has 144 valence electrons. The Morgan fingerprint density at radius 2 is 1.67 bits per heavy atom. The van der Waals surface area contributed by atoms with Gasteiger partial charge in [0.25, 0.3) is 0 Å². The van der Waals surface area contributed by atoms with E-state index in [2.05, 4.69) is 27.8 Å². The Morgan fingerprint density at radius 1 is 1.00 bits per heavy atom. The van der Waals surface area contributed by atoms with Crippen LogP contribution >= 0.6 is 27.5 Å². The van der Waals surface area contributed by atoms with E-state index in [1.807, 2.05) is 12.1 Å². The molecule has 0 aliphatic rings. The van der Waals surface area contributed by atoms with E-state index in [0.29, 0.717) is 27.8 Å². The fraction of sp³-hybridized carbons (Fsp3) is 0.300. The zero-order valence-electron chi connectivity index (χ0n) is 15.5. The summed E-state index contributed by atoms with van der Waals surface area (Å²) in [5.74, 6) is 7.72. The third kappa shape index (κ3) is 5.53. The highest BCUT2D eigenvalue weighted by Crippen LogP contribution is 2.38. The summed E-state index contributed by atoms with van der Waals surface area (Å²) in [6.07, 6.45) is -0.575. The second-order valence-electron chi connectivity index (χ2n) is 5.30. The topological polar surface area (TPSA) is 46.2 Å². The summed E-state index contributed by atoms with van der Waals surface area (Å²) < 4.78 is 27.6. The lowest BCUT2D eigenvalue weighted by atomic mass is 10.1. The zero-order valence-corrected chi connectivity index (χ0v) is 17.8. The third-order valence-corrected chi connectivity index (χ3v) is 4.44. The number of hydrogen-bond donors (Lipinski definition) is 0. The standard InChI is InChI=1S/C20H20BrClO5/c1-23-12-27-17(15-11-14(21)6-7-16(15)22)8-5-13-9-18(24-2)20(26-4)19(10-13)25-3/h6-7,9-11,17H,12H2,1-4H3/t17-/m1/s1. The van der Waals surface area contributed by atoms with Gasteiger partial charge in [-0.05, 0) is 30.3 Å². The second kappa shape index (κ2) is 10.4. The van der Waals surface area contributed by atoms with Crippen LogP contribution in [0.5, 0.6) is 17.2 Å². The van der Waals surface area contributed by atoms with Crippen molar-refractivity contribution in [1.29, 1.82) is 0 Å². The van der Waals surface area contributed by atoms with Gasteiger partial charge in [0.05, 0.1) is 21.3 Å². The lowest BCUT2D eigenvalue weighted by molar-refractivity contribution is -0.0534. The number of rotatable bonds is 7.